The number of hydrogen-bond acceptors (Lipinski definition) is 3. The minimum atomic E-state index is -0.179. The first kappa shape index (κ1) is 18.9. The molecule has 0 atom stereocenters. The molecule has 1 N–H and O–H groups in total. The molecule has 0 saturated carbocycles. The van der Waals surface area contributed by atoms with Crippen LogP contribution in [0.15, 0.2) is 48.5 Å². The molecule has 0 unspecified atom stereocenters. The fourth-order valence-corrected chi connectivity index (χ4v) is 4.82. The number of carbonyl (C=O) groups excluding carboxylic acids is 2. The minimum Gasteiger partial charge on any atom is -0.508 e. The van der Waals surface area contributed by atoms with E-state index in [4.69, 9.17) is 11.6 Å². The number of ketones is 2. The molecule has 4 nitrogen and oxygen atoms in total. The summed E-state index contributed by atoms with van der Waals surface area (Å²) in [6, 6.07) is 14.6. The van der Waals surface area contributed by atoms with Crippen molar-refractivity contribution in [3.63, 3.8) is 0 Å². The molecule has 0 spiro atoms. The fourth-order valence-electron chi connectivity index (χ4n) is 4.58. The maximum atomic E-state index is 13.0. The maximum Gasteiger partial charge on any atom is 0.172 e. The number of fused-ring (bicyclic) bond motifs is 5. The van der Waals surface area contributed by atoms with Gasteiger partial charge in [-0.25, -0.2) is 0 Å². The van der Waals surface area contributed by atoms with E-state index in [0.717, 1.165) is 46.8 Å². The van der Waals surface area contributed by atoms with E-state index in [9.17, 15) is 14.7 Å². The molecule has 1 heterocycles. The quantitative estimate of drug-likeness (QED) is 0.391. The van der Waals surface area contributed by atoms with Gasteiger partial charge in [0, 0.05) is 44.5 Å². The zero-order chi connectivity index (χ0) is 21.0. The molecule has 0 radical (unpaired) electrons. The summed E-state index contributed by atoms with van der Waals surface area (Å²) in [4.78, 5) is 25.9. The third kappa shape index (κ3) is 2.67. The van der Waals surface area contributed by atoms with Gasteiger partial charge in [0.15, 0.2) is 11.6 Å². The highest BCUT2D eigenvalue weighted by atomic mass is 35.5. The highest BCUT2D eigenvalue weighted by Crippen LogP contribution is 2.44. The lowest BCUT2D eigenvalue weighted by Crippen LogP contribution is -2.01. The number of aromatic hydroxyl groups is 1. The number of rotatable bonds is 4. The number of carbonyl (C=O) groups is 2. The van der Waals surface area contributed by atoms with E-state index in [-0.39, 0.29) is 23.7 Å². The number of Topliss-reactive ketones (excluding diaryl/α,β-unsaturated/α-hetero) is 2. The third-order valence-electron chi connectivity index (χ3n) is 5.92. The van der Waals surface area contributed by atoms with Crippen LogP contribution in [-0.2, 0) is 6.54 Å². The molecular weight excluding hydrogens is 398 g/mol. The van der Waals surface area contributed by atoms with Gasteiger partial charge in [-0.1, -0.05) is 43.1 Å². The molecule has 0 fully saturated rings. The smallest absolute Gasteiger partial charge is 0.172 e. The summed E-state index contributed by atoms with van der Waals surface area (Å²) >= 11 is 6.48. The van der Waals surface area contributed by atoms with Crippen LogP contribution < -0.4 is 0 Å². The Kier molecular flexibility index (Phi) is 4.40. The summed E-state index contributed by atoms with van der Waals surface area (Å²) in [6.45, 7) is 2.92. The van der Waals surface area contributed by atoms with Gasteiger partial charge in [-0.15, -0.1) is 0 Å². The molecule has 0 aliphatic heterocycles. The number of nitrogens with zero attached hydrogens (tertiary/aromatic N) is 1. The Morgan fingerprint density at radius 3 is 2.50 bits per heavy atom. The van der Waals surface area contributed by atoms with Crippen molar-refractivity contribution in [3.8, 4) is 16.9 Å². The van der Waals surface area contributed by atoms with Crippen molar-refractivity contribution in [1.29, 1.82) is 0 Å². The number of unbranched alkanes of at least 4 members (excludes halogenated alkanes) is 1. The lowest BCUT2D eigenvalue weighted by molar-refractivity contribution is 0.0923. The van der Waals surface area contributed by atoms with Crippen LogP contribution in [0.1, 0.15) is 46.9 Å². The first-order chi connectivity index (χ1) is 14.5. The van der Waals surface area contributed by atoms with Crippen molar-refractivity contribution < 1.29 is 14.7 Å². The molecule has 3 aromatic carbocycles. The van der Waals surface area contributed by atoms with E-state index in [1.165, 1.54) is 0 Å². The Hall–Kier alpha value is -3.11. The summed E-state index contributed by atoms with van der Waals surface area (Å²) in [5.74, 6) is -0.217. The Bertz CT molecular complexity index is 1370. The Morgan fingerprint density at radius 2 is 1.73 bits per heavy atom. The monoisotopic (exact) mass is 417 g/mol. The van der Waals surface area contributed by atoms with Gasteiger partial charge in [0.05, 0.1) is 11.9 Å². The Labute approximate surface area is 178 Å². The highest BCUT2D eigenvalue weighted by Gasteiger charge is 2.34. The molecule has 4 aromatic rings. The summed E-state index contributed by atoms with van der Waals surface area (Å²) in [6.07, 6.45) is 1.87. The second-order valence-electron chi connectivity index (χ2n) is 7.78. The second kappa shape index (κ2) is 6.99. The predicted molar refractivity (Wildman–Crippen MR) is 120 cm³/mol. The van der Waals surface area contributed by atoms with Gasteiger partial charge in [0.2, 0.25) is 0 Å². The molecule has 1 aromatic heterocycles. The second-order valence-corrected chi connectivity index (χ2v) is 8.19. The first-order valence-corrected chi connectivity index (χ1v) is 10.5. The zero-order valence-corrected chi connectivity index (χ0v) is 17.3. The largest absolute Gasteiger partial charge is 0.508 e. The number of phenolic OH excluding ortho intramolecular Hbond substituents is 1. The number of aryl methyl sites for hydroxylation is 1. The van der Waals surface area contributed by atoms with Crippen molar-refractivity contribution in [2.24, 2.45) is 0 Å². The van der Waals surface area contributed by atoms with Gasteiger partial charge < -0.3 is 9.67 Å². The van der Waals surface area contributed by atoms with Crippen LogP contribution >= 0.6 is 11.6 Å². The standard InChI is InChI=1S/C25H20ClNO3/c1-2-3-10-27-19-9-8-14(28)11-17(19)23-20(27)12-16(15-6-4-5-7-18(15)26)24-21(29)13-22(30)25(23)24/h4-9,11-12,28H,2-3,10,13H2,1H3. The van der Waals surface area contributed by atoms with Crippen LogP contribution in [0.2, 0.25) is 5.02 Å². The average molecular weight is 418 g/mol. The summed E-state index contributed by atoms with van der Waals surface area (Å²) in [5, 5.41) is 12.2. The van der Waals surface area contributed by atoms with Crippen LogP contribution in [0.3, 0.4) is 0 Å². The fraction of sp³-hybridized carbons (Fsp3) is 0.200. The molecule has 0 bridgehead atoms. The van der Waals surface area contributed by atoms with Crippen molar-refractivity contribution in [3.05, 3.63) is 64.7 Å². The van der Waals surface area contributed by atoms with E-state index < -0.39 is 0 Å². The maximum absolute atomic E-state index is 13.0. The molecule has 0 amide bonds. The first-order valence-electron chi connectivity index (χ1n) is 10.1. The van der Waals surface area contributed by atoms with Crippen molar-refractivity contribution in [2.75, 3.05) is 0 Å². The zero-order valence-electron chi connectivity index (χ0n) is 16.5. The van der Waals surface area contributed by atoms with Crippen molar-refractivity contribution >= 4 is 45.0 Å². The van der Waals surface area contributed by atoms with Gasteiger partial charge in [0.1, 0.15) is 5.75 Å². The molecule has 150 valence electrons. The van der Waals surface area contributed by atoms with Gasteiger partial charge in [-0.3, -0.25) is 9.59 Å². The number of phenols is 1. The number of benzene rings is 3. The summed E-state index contributed by atoms with van der Waals surface area (Å²) in [5.41, 5.74) is 4.18. The van der Waals surface area contributed by atoms with Crippen LogP contribution in [0.4, 0.5) is 0 Å². The normalized spacial score (nSPS) is 13.5. The number of halogens is 1. The summed E-state index contributed by atoms with van der Waals surface area (Å²) < 4.78 is 2.18. The number of hydrogen-bond donors (Lipinski definition) is 1. The van der Waals surface area contributed by atoms with E-state index in [0.29, 0.717) is 21.7 Å². The van der Waals surface area contributed by atoms with Gasteiger partial charge in [0.25, 0.3) is 0 Å². The van der Waals surface area contributed by atoms with Crippen LogP contribution in [0.25, 0.3) is 32.9 Å². The number of aromatic nitrogens is 1. The molecule has 1 aliphatic rings. The predicted octanol–water partition coefficient (Wildman–Crippen LogP) is 6.39. The lowest BCUT2D eigenvalue weighted by atomic mass is 9.93. The highest BCUT2D eigenvalue weighted by molar-refractivity contribution is 6.36. The average Bonchev–Trinajstić information content (AvgIpc) is 3.19. The van der Waals surface area contributed by atoms with Gasteiger partial charge >= 0.3 is 0 Å². The topological polar surface area (TPSA) is 59.3 Å². The summed E-state index contributed by atoms with van der Waals surface area (Å²) in [7, 11) is 0. The Morgan fingerprint density at radius 1 is 0.967 bits per heavy atom. The van der Waals surface area contributed by atoms with Crippen LogP contribution in [0.5, 0.6) is 5.75 Å². The third-order valence-corrected chi connectivity index (χ3v) is 6.25. The SMILES string of the molecule is CCCCn1c2ccc(O)cc2c2c3c(c(-c4ccccc4Cl)cc21)C(=O)CC3=O. The van der Waals surface area contributed by atoms with Crippen LogP contribution in [0, 0.1) is 0 Å². The lowest BCUT2D eigenvalue weighted by Gasteiger charge is -2.13. The van der Waals surface area contributed by atoms with E-state index in [2.05, 4.69) is 11.5 Å². The van der Waals surface area contributed by atoms with E-state index >= 15 is 0 Å². The molecule has 30 heavy (non-hydrogen) atoms. The van der Waals surface area contributed by atoms with E-state index in [1.807, 2.05) is 30.3 Å². The minimum absolute atomic E-state index is 0.133. The molecular formula is C25H20ClNO3. The van der Waals surface area contributed by atoms with Crippen LogP contribution in [-0.4, -0.2) is 21.2 Å². The van der Waals surface area contributed by atoms with Gasteiger partial charge in [-0.05, 0) is 42.3 Å². The molecule has 5 rings (SSSR count). The Balaban J connectivity index is 1.98. The van der Waals surface area contributed by atoms with Crippen molar-refractivity contribution in [2.45, 2.75) is 32.7 Å². The van der Waals surface area contributed by atoms with E-state index in [1.54, 1.807) is 18.2 Å². The van der Waals surface area contributed by atoms with Crippen molar-refractivity contribution in [1.82, 2.24) is 4.57 Å². The molecule has 1 aliphatic carbocycles. The molecule has 5 heteroatoms. The van der Waals surface area contributed by atoms with Gasteiger partial charge in [-0.2, -0.15) is 0 Å². The molecule has 0 saturated heterocycles.